The van der Waals surface area contributed by atoms with E-state index in [1.807, 2.05) is 12.1 Å². The normalized spacial score (nSPS) is 19.9. The lowest BCUT2D eigenvalue weighted by atomic mass is 10.2. The summed E-state index contributed by atoms with van der Waals surface area (Å²) in [6.07, 6.45) is 1.47. The van der Waals surface area contributed by atoms with Crippen LogP contribution in [-0.2, 0) is 4.74 Å². The third-order valence-electron chi connectivity index (χ3n) is 2.13. The molecule has 0 radical (unpaired) electrons. The van der Waals surface area contributed by atoms with Crippen molar-refractivity contribution < 1.29 is 9.47 Å². The molecule has 1 aromatic rings. The van der Waals surface area contributed by atoms with E-state index in [0.29, 0.717) is 6.10 Å². The molecular weight excluding hydrogens is 164 g/mol. The van der Waals surface area contributed by atoms with Crippen molar-refractivity contribution in [2.24, 2.45) is 0 Å². The van der Waals surface area contributed by atoms with Gasteiger partial charge in [-0.1, -0.05) is 17.7 Å². The second-order valence-corrected chi connectivity index (χ2v) is 3.41. The molecule has 1 heterocycles. The van der Waals surface area contributed by atoms with Gasteiger partial charge in [-0.15, -0.1) is 0 Å². The monoisotopic (exact) mass is 178 g/mol. The van der Waals surface area contributed by atoms with Crippen LogP contribution >= 0.6 is 0 Å². The summed E-state index contributed by atoms with van der Waals surface area (Å²) in [5, 5.41) is 0. The van der Waals surface area contributed by atoms with Gasteiger partial charge in [-0.3, -0.25) is 0 Å². The van der Waals surface area contributed by atoms with Crippen LogP contribution in [0.3, 0.4) is 0 Å². The predicted octanol–water partition coefficient (Wildman–Crippen LogP) is 2.16. The number of ether oxygens (including phenoxy) is 2. The van der Waals surface area contributed by atoms with Crippen LogP contribution in [0.25, 0.3) is 0 Å². The van der Waals surface area contributed by atoms with E-state index in [2.05, 4.69) is 19.1 Å². The number of aryl methyl sites for hydroxylation is 1. The molecule has 70 valence electrons. The molecule has 2 nitrogen and oxygen atoms in total. The zero-order valence-corrected chi connectivity index (χ0v) is 7.82. The van der Waals surface area contributed by atoms with Gasteiger partial charge in [0.05, 0.1) is 19.3 Å². The maximum atomic E-state index is 5.53. The van der Waals surface area contributed by atoms with Gasteiger partial charge in [-0.25, -0.2) is 0 Å². The summed E-state index contributed by atoms with van der Waals surface area (Å²) in [6.45, 7) is 3.74. The molecule has 0 saturated carbocycles. The number of benzene rings is 1. The Morgan fingerprint density at radius 1 is 1.38 bits per heavy atom. The maximum absolute atomic E-state index is 5.53. The van der Waals surface area contributed by atoms with Crippen LogP contribution in [-0.4, -0.2) is 19.3 Å². The van der Waals surface area contributed by atoms with Crippen LogP contribution in [0.1, 0.15) is 12.0 Å². The van der Waals surface area contributed by atoms with Crippen LogP contribution in [0, 0.1) is 6.92 Å². The molecule has 1 unspecified atom stereocenters. The van der Waals surface area contributed by atoms with Crippen molar-refractivity contribution in [2.75, 3.05) is 13.2 Å². The Balaban J connectivity index is 1.76. The lowest BCUT2D eigenvalue weighted by Crippen LogP contribution is -2.00. The molecule has 0 bridgehead atoms. The van der Waals surface area contributed by atoms with E-state index in [1.165, 1.54) is 5.56 Å². The average Bonchev–Trinajstić information content (AvgIpc) is 2.92. The van der Waals surface area contributed by atoms with E-state index in [9.17, 15) is 0 Å². The molecule has 2 heteroatoms. The second-order valence-electron chi connectivity index (χ2n) is 3.41. The quantitative estimate of drug-likeness (QED) is 0.659. The van der Waals surface area contributed by atoms with Gasteiger partial charge in [-0.2, -0.15) is 0 Å². The van der Waals surface area contributed by atoms with Gasteiger partial charge in [-0.05, 0) is 19.1 Å². The molecule has 2 rings (SSSR count). The molecule has 1 fully saturated rings. The number of hydrogen-bond acceptors (Lipinski definition) is 2. The van der Waals surface area contributed by atoms with Crippen molar-refractivity contribution in [3.05, 3.63) is 29.8 Å². The molecule has 0 spiro atoms. The molecule has 1 aromatic carbocycles. The van der Waals surface area contributed by atoms with Gasteiger partial charge in [0, 0.05) is 6.42 Å². The second kappa shape index (κ2) is 3.79. The van der Waals surface area contributed by atoms with Crippen molar-refractivity contribution in [2.45, 2.75) is 19.4 Å². The summed E-state index contributed by atoms with van der Waals surface area (Å²) in [5.74, 6) is 0.950. The van der Waals surface area contributed by atoms with E-state index >= 15 is 0 Å². The third-order valence-corrected chi connectivity index (χ3v) is 2.13. The van der Waals surface area contributed by atoms with Crippen molar-refractivity contribution in [1.29, 1.82) is 0 Å². The van der Waals surface area contributed by atoms with Crippen molar-refractivity contribution in [3.63, 3.8) is 0 Å². The average molecular weight is 178 g/mol. The fourth-order valence-corrected chi connectivity index (χ4v) is 1.18. The fraction of sp³-hybridized carbons (Fsp3) is 0.455. The van der Waals surface area contributed by atoms with E-state index in [1.54, 1.807) is 0 Å². The topological polar surface area (TPSA) is 21.8 Å². The highest BCUT2D eigenvalue weighted by molar-refractivity contribution is 5.26. The third kappa shape index (κ3) is 2.74. The zero-order valence-electron chi connectivity index (χ0n) is 7.82. The minimum Gasteiger partial charge on any atom is -0.493 e. The maximum Gasteiger partial charge on any atom is 0.119 e. The van der Waals surface area contributed by atoms with E-state index in [0.717, 1.165) is 25.4 Å². The summed E-state index contributed by atoms with van der Waals surface area (Å²) < 4.78 is 10.6. The molecule has 0 aromatic heterocycles. The van der Waals surface area contributed by atoms with Crippen LogP contribution in [0.5, 0.6) is 5.75 Å². The first-order valence-corrected chi connectivity index (χ1v) is 4.66. The van der Waals surface area contributed by atoms with Crippen molar-refractivity contribution in [1.82, 2.24) is 0 Å². The standard InChI is InChI=1S/C11H14O2/c1-9-2-4-10(5-3-9)12-7-6-11-8-13-11/h2-5,11H,6-8H2,1H3. The van der Waals surface area contributed by atoms with E-state index < -0.39 is 0 Å². The highest BCUT2D eigenvalue weighted by Crippen LogP contribution is 2.15. The van der Waals surface area contributed by atoms with Crippen LogP contribution < -0.4 is 4.74 Å². The minimum absolute atomic E-state index is 0.463. The predicted molar refractivity (Wildman–Crippen MR) is 51.0 cm³/mol. The molecule has 0 amide bonds. The Bertz CT molecular complexity index is 262. The van der Waals surface area contributed by atoms with Crippen LogP contribution in [0.2, 0.25) is 0 Å². The summed E-state index contributed by atoms with van der Waals surface area (Å²) in [4.78, 5) is 0. The Kier molecular flexibility index (Phi) is 2.50. The Hall–Kier alpha value is -1.02. The smallest absolute Gasteiger partial charge is 0.119 e. The Morgan fingerprint density at radius 3 is 2.69 bits per heavy atom. The fourth-order valence-electron chi connectivity index (χ4n) is 1.18. The summed E-state index contributed by atoms with van der Waals surface area (Å²) in [7, 11) is 0. The lowest BCUT2D eigenvalue weighted by Gasteiger charge is -2.04. The largest absolute Gasteiger partial charge is 0.493 e. The number of rotatable bonds is 4. The van der Waals surface area contributed by atoms with Gasteiger partial charge in [0.25, 0.3) is 0 Å². The molecule has 1 atom stereocenters. The zero-order chi connectivity index (χ0) is 9.10. The van der Waals surface area contributed by atoms with Crippen LogP contribution in [0.4, 0.5) is 0 Å². The van der Waals surface area contributed by atoms with Gasteiger partial charge < -0.3 is 9.47 Å². The van der Waals surface area contributed by atoms with Crippen molar-refractivity contribution >= 4 is 0 Å². The molecule has 1 aliphatic rings. The SMILES string of the molecule is Cc1ccc(OCCC2CO2)cc1. The Morgan fingerprint density at radius 2 is 2.08 bits per heavy atom. The number of epoxide rings is 1. The van der Waals surface area contributed by atoms with Gasteiger partial charge in [0.15, 0.2) is 0 Å². The first kappa shape index (κ1) is 8.57. The highest BCUT2D eigenvalue weighted by atomic mass is 16.6. The van der Waals surface area contributed by atoms with E-state index in [-0.39, 0.29) is 0 Å². The summed E-state index contributed by atoms with van der Waals surface area (Å²) >= 11 is 0. The molecular formula is C11H14O2. The van der Waals surface area contributed by atoms with Gasteiger partial charge in [0.1, 0.15) is 5.75 Å². The highest BCUT2D eigenvalue weighted by Gasteiger charge is 2.21. The van der Waals surface area contributed by atoms with Crippen molar-refractivity contribution in [3.8, 4) is 5.75 Å². The molecule has 1 aliphatic heterocycles. The summed E-state index contributed by atoms with van der Waals surface area (Å²) in [5.41, 5.74) is 1.26. The minimum atomic E-state index is 0.463. The van der Waals surface area contributed by atoms with Gasteiger partial charge >= 0.3 is 0 Å². The first-order chi connectivity index (χ1) is 6.34. The summed E-state index contributed by atoms with van der Waals surface area (Å²) in [6, 6.07) is 8.12. The molecule has 0 aliphatic carbocycles. The first-order valence-electron chi connectivity index (χ1n) is 4.66. The Labute approximate surface area is 78.5 Å². The van der Waals surface area contributed by atoms with Gasteiger partial charge in [0.2, 0.25) is 0 Å². The lowest BCUT2D eigenvalue weighted by molar-refractivity contribution is 0.283. The van der Waals surface area contributed by atoms with Crippen LogP contribution in [0.15, 0.2) is 24.3 Å². The molecule has 13 heavy (non-hydrogen) atoms. The number of hydrogen-bond donors (Lipinski definition) is 0. The molecule has 1 saturated heterocycles. The van der Waals surface area contributed by atoms with E-state index in [4.69, 9.17) is 9.47 Å². The molecule has 0 N–H and O–H groups in total.